The molecule has 4 aliphatic rings. The summed E-state index contributed by atoms with van der Waals surface area (Å²) in [7, 11) is 0. The smallest absolute Gasteiger partial charge is 0.296 e. The standard InChI is InChI=1S/C16H29BO/c1-10(2)6-11(3)17-9-12-7-13-8-14(15(12)18-17)16(13,4)5/h10-15H,6-9H2,1-5H3/t11?,12?,13?,14?,15-/m1/s1. The van der Waals surface area contributed by atoms with Gasteiger partial charge in [-0.05, 0) is 54.1 Å². The molecule has 102 valence electrons. The first-order valence-corrected chi connectivity index (χ1v) is 8.05. The average Bonchev–Trinajstić information content (AvgIpc) is 2.70. The SMILES string of the molecule is CC(C)CC(C)B1CC2CC3CC([C@@H]2O1)C3(C)C. The second-order valence-electron chi connectivity index (χ2n) is 8.34. The second kappa shape index (κ2) is 4.26. The van der Waals surface area contributed by atoms with Crippen molar-refractivity contribution in [3.8, 4) is 0 Å². The maximum Gasteiger partial charge on any atom is 0.296 e. The lowest BCUT2D eigenvalue weighted by Gasteiger charge is -2.61. The van der Waals surface area contributed by atoms with E-state index in [1.807, 2.05) is 0 Å². The normalized spacial score (nSPS) is 42.7. The number of hydrogen-bond donors (Lipinski definition) is 0. The predicted molar refractivity (Wildman–Crippen MR) is 77.8 cm³/mol. The van der Waals surface area contributed by atoms with E-state index in [0.29, 0.717) is 18.4 Å². The molecule has 0 aromatic rings. The molecule has 4 unspecified atom stereocenters. The molecule has 2 heteroatoms. The maximum absolute atomic E-state index is 6.51. The zero-order valence-electron chi connectivity index (χ0n) is 12.8. The van der Waals surface area contributed by atoms with Gasteiger partial charge in [-0.15, -0.1) is 0 Å². The van der Waals surface area contributed by atoms with Crippen LogP contribution in [0.25, 0.3) is 0 Å². The Kier molecular flexibility index (Phi) is 3.09. The molecule has 4 fully saturated rings. The van der Waals surface area contributed by atoms with Crippen LogP contribution in [0.15, 0.2) is 0 Å². The van der Waals surface area contributed by atoms with E-state index in [1.54, 1.807) is 0 Å². The van der Waals surface area contributed by atoms with Gasteiger partial charge in [0.1, 0.15) is 0 Å². The molecule has 0 radical (unpaired) electrons. The molecule has 3 saturated carbocycles. The topological polar surface area (TPSA) is 9.23 Å². The summed E-state index contributed by atoms with van der Waals surface area (Å²) in [5, 5.41) is 0. The van der Waals surface area contributed by atoms with E-state index < -0.39 is 0 Å². The summed E-state index contributed by atoms with van der Waals surface area (Å²) in [5.41, 5.74) is 0.567. The molecule has 0 spiro atoms. The van der Waals surface area contributed by atoms with Crippen molar-refractivity contribution >= 4 is 6.92 Å². The van der Waals surface area contributed by atoms with Crippen LogP contribution in [0.1, 0.15) is 53.9 Å². The zero-order valence-corrected chi connectivity index (χ0v) is 12.8. The summed E-state index contributed by atoms with van der Waals surface area (Å²) in [6.07, 6.45) is 6.16. The van der Waals surface area contributed by atoms with Crippen molar-refractivity contribution in [2.75, 3.05) is 0 Å². The lowest BCUT2D eigenvalue weighted by atomic mass is 9.44. The van der Waals surface area contributed by atoms with Crippen molar-refractivity contribution in [3.05, 3.63) is 0 Å². The Hall–Kier alpha value is 0.0249. The first-order chi connectivity index (χ1) is 8.39. The summed E-state index contributed by atoms with van der Waals surface area (Å²) >= 11 is 0. The minimum Gasteiger partial charge on any atom is -0.432 e. The van der Waals surface area contributed by atoms with Crippen LogP contribution in [0, 0.1) is 29.1 Å². The van der Waals surface area contributed by atoms with Crippen LogP contribution in [-0.4, -0.2) is 13.0 Å². The Morgan fingerprint density at radius 3 is 2.56 bits per heavy atom. The monoisotopic (exact) mass is 248 g/mol. The van der Waals surface area contributed by atoms with Crippen molar-refractivity contribution in [1.29, 1.82) is 0 Å². The van der Waals surface area contributed by atoms with Crippen LogP contribution in [0.5, 0.6) is 0 Å². The third-order valence-corrected chi connectivity index (χ3v) is 6.34. The van der Waals surface area contributed by atoms with Gasteiger partial charge in [0.25, 0.3) is 6.92 Å². The van der Waals surface area contributed by atoms with Gasteiger partial charge in [-0.25, -0.2) is 0 Å². The maximum atomic E-state index is 6.51. The molecule has 2 bridgehead atoms. The fourth-order valence-corrected chi connectivity index (χ4v) is 5.10. The van der Waals surface area contributed by atoms with Gasteiger partial charge in [0.2, 0.25) is 0 Å². The quantitative estimate of drug-likeness (QED) is 0.668. The fourth-order valence-electron chi connectivity index (χ4n) is 5.10. The molecule has 1 heterocycles. The molecule has 0 aromatic heterocycles. The minimum absolute atomic E-state index is 0.553. The van der Waals surface area contributed by atoms with Crippen LogP contribution in [0.3, 0.4) is 0 Å². The van der Waals surface area contributed by atoms with Gasteiger partial charge < -0.3 is 4.65 Å². The molecule has 1 aliphatic heterocycles. The lowest BCUT2D eigenvalue weighted by Crippen LogP contribution is -2.57. The van der Waals surface area contributed by atoms with Crippen molar-refractivity contribution in [1.82, 2.24) is 0 Å². The molecule has 1 saturated heterocycles. The van der Waals surface area contributed by atoms with Gasteiger partial charge in [0.05, 0.1) is 0 Å². The summed E-state index contributed by atoms with van der Waals surface area (Å²) in [4.78, 5) is 0. The highest BCUT2D eigenvalue weighted by atomic mass is 16.5. The second-order valence-corrected chi connectivity index (χ2v) is 8.34. The van der Waals surface area contributed by atoms with E-state index >= 15 is 0 Å². The van der Waals surface area contributed by atoms with Crippen LogP contribution < -0.4 is 0 Å². The lowest BCUT2D eigenvalue weighted by molar-refractivity contribution is -0.146. The van der Waals surface area contributed by atoms with Crippen molar-refractivity contribution < 1.29 is 4.65 Å². The summed E-state index contributed by atoms with van der Waals surface area (Å²) < 4.78 is 6.51. The van der Waals surface area contributed by atoms with Crippen LogP contribution in [0.2, 0.25) is 12.1 Å². The highest BCUT2D eigenvalue weighted by Crippen LogP contribution is 2.64. The molecule has 0 N–H and O–H groups in total. The van der Waals surface area contributed by atoms with Crippen molar-refractivity contribution in [2.45, 2.75) is 72.1 Å². The van der Waals surface area contributed by atoms with Gasteiger partial charge in [0.15, 0.2) is 0 Å². The Morgan fingerprint density at radius 1 is 1.22 bits per heavy atom. The third kappa shape index (κ3) is 1.87. The Bertz CT molecular complexity index is 325. The molecule has 5 atom stereocenters. The van der Waals surface area contributed by atoms with Gasteiger partial charge in [-0.3, -0.25) is 0 Å². The minimum atomic E-state index is 0.553. The first-order valence-electron chi connectivity index (χ1n) is 8.05. The first kappa shape index (κ1) is 13.0. The largest absolute Gasteiger partial charge is 0.432 e. The molecule has 0 aromatic carbocycles. The highest BCUT2D eigenvalue weighted by molar-refractivity contribution is 6.54. The van der Waals surface area contributed by atoms with E-state index in [2.05, 4.69) is 34.6 Å². The van der Waals surface area contributed by atoms with Gasteiger partial charge in [0, 0.05) is 6.10 Å². The highest BCUT2D eigenvalue weighted by Gasteiger charge is 2.61. The van der Waals surface area contributed by atoms with Crippen LogP contribution >= 0.6 is 0 Å². The van der Waals surface area contributed by atoms with Crippen molar-refractivity contribution in [2.24, 2.45) is 29.1 Å². The van der Waals surface area contributed by atoms with Crippen molar-refractivity contribution in [3.63, 3.8) is 0 Å². The van der Waals surface area contributed by atoms with E-state index in [0.717, 1.165) is 29.5 Å². The summed E-state index contributed by atoms with van der Waals surface area (Å²) in [5.74, 6) is 4.29. The van der Waals surface area contributed by atoms with E-state index in [9.17, 15) is 0 Å². The molecule has 3 aliphatic carbocycles. The zero-order chi connectivity index (χ0) is 13.1. The number of rotatable bonds is 3. The van der Waals surface area contributed by atoms with E-state index in [1.165, 1.54) is 25.6 Å². The fraction of sp³-hybridized carbons (Fsp3) is 1.00. The van der Waals surface area contributed by atoms with E-state index in [4.69, 9.17) is 4.65 Å². The van der Waals surface area contributed by atoms with E-state index in [-0.39, 0.29) is 0 Å². The van der Waals surface area contributed by atoms with Crippen LogP contribution in [-0.2, 0) is 4.65 Å². The average molecular weight is 248 g/mol. The predicted octanol–water partition coefficient (Wildman–Crippen LogP) is 4.50. The van der Waals surface area contributed by atoms with Gasteiger partial charge >= 0.3 is 0 Å². The summed E-state index contributed by atoms with van der Waals surface area (Å²) in [6.45, 7) is 12.6. The Balaban J connectivity index is 1.65. The molecular weight excluding hydrogens is 219 g/mol. The van der Waals surface area contributed by atoms with Gasteiger partial charge in [-0.2, -0.15) is 0 Å². The van der Waals surface area contributed by atoms with Crippen LogP contribution in [0.4, 0.5) is 0 Å². The molecule has 4 rings (SSSR count). The Morgan fingerprint density at radius 2 is 1.94 bits per heavy atom. The molecular formula is C16H29BO. The molecule has 18 heavy (non-hydrogen) atoms. The summed E-state index contributed by atoms with van der Waals surface area (Å²) in [6, 6.07) is 0. The third-order valence-electron chi connectivity index (χ3n) is 6.34. The molecule has 0 amide bonds. The Labute approximate surface area is 113 Å². The van der Waals surface area contributed by atoms with Gasteiger partial charge in [-0.1, -0.05) is 41.0 Å². The number of hydrogen-bond acceptors (Lipinski definition) is 1. The molecule has 1 nitrogen and oxygen atoms in total.